The maximum Gasteiger partial charge on any atom is 0.0962 e. The lowest BCUT2D eigenvalue weighted by Gasteiger charge is -2.01. The van der Waals surface area contributed by atoms with E-state index in [9.17, 15) is 0 Å². The molecule has 0 N–H and O–H groups in total. The Balaban J connectivity index is 2.20. The summed E-state index contributed by atoms with van der Waals surface area (Å²) in [5, 5.41) is 1.32. The van der Waals surface area contributed by atoms with Crippen molar-refractivity contribution in [2.24, 2.45) is 0 Å². The van der Waals surface area contributed by atoms with Gasteiger partial charge in [0.1, 0.15) is 0 Å². The molecule has 1 heterocycles. The molecule has 1 fully saturated rings. The molecule has 3 heteroatoms. The summed E-state index contributed by atoms with van der Waals surface area (Å²) >= 11 is 7.64. The van der Waals surface area contributed by atoms with Crippen molar-refractivity contribution in [2.45, 2.75) is 44.4 Å². The van der Waals surface area contributed by atoms with Gasteiger partial charge in [-0.2, -0.15) is 0 Å². The van der Waals surface area contributed by atoms with Crippen molar-refractivity contribution in [1.29, 1.82) is 0 Å². The number of thiazole rings is 1. The Kier molecular flexibility index (Phi) is 2.89. The molecular formula is C10H14ClNS. The molecule has 0 spiro atoms. The molecule has 0 aliphatic heterocycles. The van der Waals surface area contributed by atoms with Gasteiger partial charge in [0.15, 0.2) is 0 Å². The van der Waals surface area contributed by atoms with Crippen molar-refractivity contribution >= 4 is 22.9 Å². The van der Waals surface area contributed by atoms with Gasteiger partial charge in [0.25, 0.3) is 0 Å². The first-order chi connectivity index (χ1) is 6.31. The average molecular weight is 216 g/mol. The molecule has 1 saturated carbocycles. The van der Waals surface area contributed by atoms with Crippen LogP contribution in [0.25, 0.3) is 0 Å². The molecule has 0 radical (unpaired) electrons. The molecule has 1 aliphatic rings. The van der Waals surface area contributed by atoms with Gasteiger partial charge >= 0.3 is 0 Å². The fraction of sp³-hybridized carbons (Fsp3) is 0.700. The summed E-state index contributed by atoms with van der Waals surface area (Å²) in [5.41, 5.74) is 1.14. The predicted molar refractivity (Wildman–Crippen MR) is 57.6 cm³/mol. The van der Waals surface area contributed by atoms with Crippen molar-refractivity contribution in [2.75, 3.05) is 0 Å². The molecule has 2 rings (SSSR count). The maximum absolute atomic E-state index is 5.82. The number of hydrogen-bond acceptors (Lipinski definition) is 2. The summed E-state index contributed by atoms with van der Waals surface area (Å²) in [7, 11) is 0. The van der Waals surface area contributed by atoms with E-state index in [0.29, 0.717) is 5.88 Å². The second-order valence-corrected chi connectivity index (χ2v) is 5.06. The van der Waals surface area contributed by atoms with Crippen LogP contribution >= 0.6 is 22.9 Å². The fourth-order valence-electron chi connectivity index (χ4n) is 1.92. The van der Waals surface area contributed by atoms with Gasteiger partial charge in [-0.15, -0.1) is 22.9 Å². The molecule has 72 valence electrons. The van der Waals surface area contributed by atoms with E-state index in [1.54, 1.807) is 0 Å². The van der Waals surface area contributed by atoms with Crippen LogP contribution in [0.4, 0.5) is 0 Å². The van der Waals surface area contributed by atoms with E-state index in [4.69, 9.17) is 11.6 Å². The fourth-order valence-corrected chi connectivity index (χ4v) is 3.36. The summed E-state index contributed by atoms with van der Waals surface area (Å²) in [6.45, 7) is 2.06. The van der Waals surface area contributed by atoms with Gasteiger partial charge in [0.2, 0.25) is 0 Å². The largest absolute Gasteiger partial charge is 0.246 e. The molecule has 1 aromatic rings. The van der Waals surface area contributed by atoms with Crippen LogP contribution in [0.5, 0.6) is 0 Å². The molecule has 0 aromatic carbocycles. The Labute approximate surface area is 88.1 Å². The first kappa shape index (κ1) is 9.47. The van der Waals surface area contributed by atoms with Crippen LogP contribution in [0.1, 0.15) is 47.2 Å². The zero-order valence-electron chi connectivity index (χ0n) is 7.85. The molecule has 0 atom stereocenters. The molecule has 1 nitrogen and oxygen atoms in total. The normalized spacial score (nSPS) is 18.3. The van der Waals surface area contributed by atoms with Crippen LogP contribution in [0, 0.1) is 6.92 Å². The number of aryl methyl sites for hydroxylation is 1. The molecule has 13 heavy (non-hydrogen) atoms. The lowest BCUT2D eigenvalue weighted by atomic mass is 10.1. The summed E-state index contributed by atoms with van der Waals surface area (Å²) in [5.74, 6) is 1.36. The Morgan fingerprint density at radius 3 is 2.69 bits per heavy atom. The third kappa shape index (κ3) is 1.89. The van der Waals surface area contributed by atoms with Crippen molar-refractivity contribution in [3.63, 3.8) is 0 Å². The zero-order valence-corrected chi connectivity index (χ0v) is 9.42. The average Bonchev–Trinajstić information content (AvgIpc) is 2.71. The number of rotatable bonds is 2. The Morgan fingerprint density at radius 2 is 2.15 bits per heavy atom. The standard InChI is InChI=1S/C10H14ClNS/c1-7-9(6-11)13-10(12-7)8-4-2-3-5-8/h8H,2-6H2,1H3. The molecule has 0 bridgehead atoms. The van der Waals surface area contributed by atoms with E-state index in [0.717, 1.165) is 11.6 Å². The number of alkyl halides is 1. The van der Waals surface area contributed by atoms with Crippen molar-refractivity contribution in [1.82, 2.24) is 4.98 Å². The second-order valence-electron chi connectivity index (χ2n) is 3.68. The highest BCUT2D eigenvalue weighted by Crippen LogP contribution is 2.37. The summed E-state index contributed by atoms with van der Waals surface area (Å²) in [6.07, 6.45) is 5.41. The van der Waals surface area contributed by atoms with E-state index < -0.39 is 0 Å². The SMILES string of the molecule is Cc1nc(C2CCCC2)sc1CCl. The van der Waals surface area contributed by atoms with Gasteiger partial charge in [-0.3, -0.25) is 0 Å². The summed E-state index contributed by atoms with van der Waals surface area (Å²) in [4.78, 5) is 5.85. The molecular weight excluding hydrogens is 202 g/mol. The second kappa shape index (κ2) is 3.97. The van der Waals surface area contributed by atoms with Gasteiger partial charge in [0, 0.05) is 10.8 Å². The van der Waals surface area contributed by atoms with Crippen molar-refractivity contribution in [3.8, 4) is 0 Å². The van der Waals surface area contributed by atoms with Gasteiger partial charge in [-0.05, 0) is 19.8 Å². The highest BCUT2D eigenvalue weighted by atomic mass is 35.5. The van der Waals surface area contributed by atoms with E-state index >= 15 is 0 Å². The van der Waals surface area contributed by atoms with E-state index in [1.165, 1.54) is 35.6 Å². The van der Waals surface area contributed by atoms with Crippen LogP contribution in [0.2, 0.25) is 0 Å². The molecule has 0 saturated heterocycles. The number of aromatic nitrogens is 1. The van der Waals surface area contributed by atoms with E-state index in [1.807, 2.05) is 11.3 Å². The lowest BCUT2D eigenvalue weighted by Crippen LogP contribution is -1.90. The first-order valence-electron chi connectivity index (χ1n) is 4.83. The smallest absolute Gasteiger partial charge is 0.0962 e. The highest BCUT2D eigenvalue weighted by Gasteiger charge is 2.21. The summed E-state index contributed by atoms with van der Waals surface area (Å²) in [6, 6.07) is 0. The first-order valence-corrected chi connectivity index (χ1v) is 6.18. The zero-order chi connectivity index (χ0) is 9.26. The highest BCUT2D eigenvalue weighted by molar-refractivity contribution is 7.12. The molecule has 0 amide bonds. The van der Waals surface area contributed by atoms with Crippen LogP contribution in [-0.2, 0) is 5.88 Å². The van der Waals surface area contributed by atoms with E-state index in [-0.39, 0.29) is 0 Å². The molecule has 1 aromatic heterocycles. The van der Waals surface area contributed by atoms with Gasteiger partial charge in [-0.1, -0.05) is 12.8 Å². The predicted octanol–water partition coefficient (Wildman–Crippen LogP) is 3.85. The van der Waals surface area contributed by atoms with Gasteiger partial charge in [-0.25, -0.2) is 4.98 Å². The monoisotopic (exact) mass is 215 g/mol. The van der Waals surface area contributed by atoms with Gasteiger partial charge in [0.05, 0.1) is 16.6 Å². The topological polar surface area (TPSA) is 12.9 Å². The third-order valence-electron chi connectivity index (χ3n) is 2.73. The maximum atomic E-state index is 5.82. The minimum atomic E-state index is 0.621. The third-order valence-corrected chi connectivity index (χ3v) is 4.48. The minimum Gasteiger partial charge on any atom is -0.246 e. The quantitative estimate of drug-likeness (QED) is 0.683. The van der Waals surface area contributed by atoms with Crippen LogP contribution < -0.4 is 0 Å². The van der Waals surface area contributed by atoms with E-state index in [2.05, 4.69) is 11.9 Å². The molecule has 1 aliphatic carbocycles. The lowest BCUT2D eigenvalue weighted by molar-refractivity contribution is 0.714. The number of halogens is 1. The van der Waals surface area contributed by atoms with Crippen molar-refractivity contribution in [3.05, 3.63) is 15.6 Å². The Bertz CT molecular complexity index is 289. The van der Waals surface area contributed by atoms with Crippen LogP contribution in [0.3, 0.4) is 0 Å². The number of nitrogens with zero attached hydrogens (tertiary/aromatic N) is 1. The molecule has 0 unspecified atom stereocenters. The summed E-state index contributed by atoms with van der Waals surface area (Å²) < 4.78 is 0. The van der Waals surface area contributed by atoms with Crippen molar-refractivity contribution < 1.29 is 0 Å². The van der Waals surface area contributed by atoms with Gasteiger partial charge < -0.3 is 0 Å². The number of hydrogen-bond donors (Lipinski definition) is 0. The Morgan fingerprint density at radius 1 is 1.46 bits per heavy atom. The van der Waals surface area contributed by atoms with Crippen LogP contribution in [-0.4, -0.2) is 4.98 Å². The Hall–Kier alpha value is -0.0800. The van der Waals surface area contributed by atoms with Crippen LogP contribution in [0.15, 0.2) is 0 Å². The minimum absolute atomic E-state index is 0.621.